The highest BCUT2D eigenvalue weighted by molar-refractivity contribution is 6.05. The molecule has 25 heavy (non-hydrogen) atoms. The molecule has 3 rings (SSSR count). The van der Waals surface area contributed by atoms with Gasteiger partial charge in [-0.3, -0.25) is 9.59 Å². The van der Waals surface area contributed by atoms with Crippen LogP contribution in [0.1, 0.15) is 23.0 Å². The summed E-state index contributed by atoms with van der Waals surface area (Å²) in [5.74, 6) is -0.368. The van der Waals surface area contributed by atoms with Gasteiger partial charge in [0.05, 0.1) is 23.1 Å². The maximum Gasteiger partial charge on any atom is 0.259 e. The van der Waals surface area contributed by atoms with Crippen molar-refractivity contribution in [2.75, 3.05) is 10.6 Å². The van der Waals surface area contributed by atoms with Crippen LogP contribution < -0.4 is 10.6 Å². The van der Waals surface area contributed by atoms with E-state index in [0.29, 0.717) is 16.9 Å². The molecule has 1 heterocycles. The van der Waals surface area contributed by atoms with Crippen LogP contribution in [-0.4, -0.2) is 21.6 Å². The third-order valence-corrected chi connectivity index (χ3v) is 3.72. The maximum atomic E-state index is 12.5. The van der Waals surface area contributed by atoms with Gasteiger partial charge in [0.15, 0.2) is 0 Å². The first-order chi connectivity index (χ1) is 12.0. The van der Waals surface area contributed by atoms with Gasteiger partial charge in [-0.1, -0.05) is 18.2 Å². The Balaban J connectivity index is 1.76. The molecule has 0 saturated heterocycles. The van der Waals surface area contributed by atoms with Crippen molar-refractivity contribution in [3.8, 4) is 5.69 Å². The van der Waals surface area contributed by atoms with Crippen molar-refractivity contribution in [2.24, 2.45) is 0 Å². The summed E-state index contributed by atoms with van der Waals surface area (Å²) in [6.45, 7) is 3.30. The van der Waals surface area contributed by atoms with Crippen LogP contribution in [0.15, 0.2) is 60.8 Å². The fourth-order valence-electron chi connectivity index (χ4n) is 2.50. The minimum Gasteiger partial charge on any atom is -0.326 e. The molecule has 0 unspecified atom stereocenters. The smallest absolute Gasteiger partial charge is 0.259 e. The summed E-state index contributed by atoms with van der Waals surface area (Å²) in [5.41, 5.74) is 3.50. The molecule has 0 aliphatic carbocycles. The Morgan fingerprint density at radius 3 is 2.12 bits per heavy atom. The summed E-state index contributed by atoms with van der Waals surface area (Å²) in [7, 11) is 0. The highest BCUT2D eigenvalue weighted by atomic mass is 16.2. The van der Waals surface area contributed by atoms with E-state index in [-0.39, 0.29) is 11.8 Å². The molecule has 6 nitrogen and oxygen atoms in total. The SMILES string of the molecule is CC(=O)Nc1ccc(NC(=O)c2cnn(-c3ccccc3)c2C)cc1. The summed E-state index contributed by atoms with van der Waals surface area (Å²) in [5, 5.41) is 9.83. The Morgan fingerprint density at radius 1 is 0.920 bits per heavy atom. The largest absolute Gasteiger partial charge is 0.326 e. The second kappa shape index (κ2) is 7.00. The predicted molar refractivity (Wildman–Crippen MR) is 97.0 cm³/mol. The number of rotatable bonds is 4. The highest BCUT2D eigenvalue weighted by Gasteiger charge is 2.15. The van der Waals surface area contributed by atoms with E-state index in [2.05, 4.69) is 15.7 Å². The number of nitrogens with one attached hydrogen (secondary N) is 2. The lowest BCUT2D eigenvalue weighted by Gasteiger charge is -2.08. The van der Waals surface area contributed by atoms with Crippen molar-refractivity contribution in [3.63, 3.8) is 0 Å². The van der Waals surface area contributed by atoms with Crippen LogP contribution in [0.5, 0.6) is 0 Å². The zero-order chi connectivity index (χ0) is 17.8. The fraction of sp³-hybridized carbons (Fsp3) is 0.105. The zero-order valence-corrected chi connectivity index (χ0v) is 14.0. The first kappa shape index (κ1) is 16.4. The van der Waals surface area contributed by atoms with Crippen LogP contribution in [0.2, 0.25) is 0 Å². The molecule has 2 N–H and O–H groups in total. The summed E-state index contributed by atoms with van der Waals surface area (Å²) in [6.07, 6.45) is 1.56. The summed E-state index contributed by atoms with van der Waals surface area (Å²) in [4.78, 5) is 23.5. The monoisotopic (exact) mass is 334 g/mol. The molecule has 2 aromatic carbocycles. The number of carbonyl (C=O) groups excluding carboxylic acids is 2. The summed E-state index contributed by atoms with van der Waals surface area (Å²) < 4.78 is 1.73. The lowest BCUT2D eigenvalue weighted by atomic mass is 10.2. The molecule has 0 fully saturated rings. The van der Waals surface area contributed by atoms with Crippen molar-refractivity contribution >= 4 is 23.2 Å². The molecular weight excluding hydrogens is 316 g/mol. The molecule has 6 heteroatoms. The number of amides is 2. The number of nitrogens with zero attached hydrogens (tertiary/aromatic N) is 2. The normalized spacial score (nSPS) is 10.3. The van der Waals surface area contributed by atoms with E-state index >= 15 is 0 Å². The number of anilines is 2. The van der Waals surface area contributed by atoms with E-state index in [9.17, 15) is 9.59 Å². The number of carbonyl (C=O) groups is 2. The van der Waals surface area contributed by atoms with Gasteiger partial charge in [-0.2, -0.15) is 5.10 Å². The van der Waals surface area contributed by atoms with Gasteiger partial charge in [0.2, 0.25) is 5.91 Å². The minimum atomic E-state index is -0.230. The lowest BCUT2D eigenvalue weighted by Crippen LogP contribution is -2.13. The van der Waals surface area contributed by atoms with Crippen molar-refractivity contribution in [1.82, 2.24) is 9.78 Å². The number of aromatic nitrogens is 2. The third kappa shape index (κ3) is 3.74. The zero-order valence-electron chi connectivity index (χ0n) is 14.0. The van der Waals surface area contributed by atoms with Gasteiger partial charge >= 0.3 is 0 Å². The summed E-state index contributed by atoms with van der Waals surface area (Å²) in [6, 6.07) is 16.6. The molecule has 0 spiro atoms. The van der Waals surface area contributed by atoms with Gasteiger partial charge < -0.3 is 10.6 Å². The van der Waals surface area contributed by atoms with Crippen molar-refractivity contribution in [1.29, 1.82) is 0 Å². The van der Waals surface area contributed by atoms with E-state index in [4.69, 9.17) is 0 Å². The second-order valence-corrected chi connectivity index (χ2v) is 5.60. The van der Waals surface area contributed by atoms with E-state index in [1.807, 2.05) is 37.3 Å². The average Bonchev–Trinajstić information content (AvgIpc) is 2.98. The van der Waals surface area contributed by atoms with E-state index < -0.39 is 0 Å². The van der Waals surface area contributed by atoms with Crippen LogP contribution >= 0.6 is 0 Å². The first-order valence-corrected chi connectivity index (χ1v) is 7.83. The van der Waals surface area contributed by atoms with Crippen molar-refractivity contribution < 1.29 is 9.59 Å². The standard InChI is InChI=1S/C19H18N4O2/c1-13-18(12-20-23(13)17-6-4-3-5-7-17)19(25)22-16-10-8-15(9-11-16)21-14(2)24/h3-12H,1-2H3,(H,21,24)(H,22,25). The molecule has 0 aliphatic rings. The Morgan fingerprint density at radius 2 is 1.52 bits per heavy atom. The van der Waals surface area contributed by atoms with Gasteiger partial charge in [0, 0.05) is 18.3 Å². The van der Waals surface area contributed by atoms with E-state index in [1.54, 1.807) is 35.1 Å². The first-order valence-electron chi connectivity index (χ1n) is 7.83. The molecule has 0 saturated carbocycles. The second-order valence-electron chi connectivity index (χ2n) is 5.60. The van der Waals surface area contributed by atoms with Gasteiger partial charge in [-0.05, 0) is 43.3 Å². The van der Waals surface area contributed by atoms with Crippen LogP contribution in [-0.2, 0) is 4.79 Å². The van der Waals surface area contributed by atoms with E-state index in [1.165, 1.54) is 6.92 Å². The maximum absolute atomic E-state index is 12.5. The van der Waals surface area contributed by atoms with Gasteiger partial charge in [0.1, 0.15) is 0 Å². The minimum absolute atomic E-state index is 0.138. The molecule has 0 radical (unpaired) electrons. The molecule has 0 aliphatic heterocycles. The summed E-state index contributed by atoms with van der Waals surface area (Å²) >= 11 is 0. The van der Waals surface area contributed by atoms with Crippen LogP contribution in [0.4, 0.5) is 11.4 Å². The topological polar surface area (TPSA) is 76.0 Å². The number of hydrogen-bond donors (Lipinski definition) is 2. The fourth-order valence-corrected chi connectivity index (χ4v) is 2.50. The molecular formula is C19H18N4O2. The molecule has 126 valence electrons. The van der Waals surface area contributed by atoms with Crippen molar-refractivity contribution in [2.45, 2.75) is 13.8 Å². The highest BCUT2D eigenvalue weighted by Crippen LogP contribution is 2.17. The third-order valence-electron chi connectivity index (χ3n) is 3.72. The molecule has 0 atom stereocenters. The number of benzene rings is 2. The Hall–Kier alpha value is -3.41. The molecule has 3 aromatic rings. The van der Waals surface area contributed by atoms with Crippen LogP contribution in [0.3, 0.4) is 0 Å². The Kier molecular flexibility index (Phi) is 4.61. The van der Waals surface area contributed by atoms with Crippen LogP contribution in [0, 0.1) is 6.92 Å². The van der Waals surface area contributed by atoms with Gasteiger partial charge in [0.25, 0.3) is 5.91 Å². The Bertz CT molecular complexity index is 899. The van der Waals surface area contributed by atoms with Gasteiger partial charge in [-0.15, -0.1) is 0 Å². The van der Waals surface area contributed by atoms with Crippen molar-refractivity contribution in [3.05, 3.63) is 72.1 Å². The quantitative estimate of drug-likeness (QED) is 0.768. The predicted octanol–water partition coefficient (Wildman–Crippen LogP) is 3.39. The Labute approximate surface area is 145 Å². The number of hydrogen-bond acceptors (Lipinski definition) is 3. The molecule has 0 bridgehead atoms. The van der Waals surface area contributed by atoms with Gasteiger partial charge in [-0.25, -0.2) is 4.68 Å². The lowest BCUT2D eigenvalue weighted by molar-refractivity contribution is -0.114. The molecule has 1 aromatic heterocycles. The molecule has 2 amide bonds. The average molecular weight is 334 g/mol. The van der Waals surface area contributed by atoms with E-state index in [0.717, 1.165) is 11.4 Å². The number of para-hydroxylation sites is 1. The van der Waals surface area contributed by atoms with Crippen LogP contribution in [0.25, 0.3) is 5.69 Å².